The largest absolute Gasteiger partial charge is 0.241 e. The molecule has 4 heteroatoms. The van der Waals surface area contributed by atoms with Crippen LogP contribution in [0.1, 0.15) is 50.3 Å². The quantitative estimate of drug-likeness (QED) is 0.711. The smallest absolute Gasteiger partial charge is 0.219 e. The number of pyridine rings is 1. The maximum absolute atomic E-state index is 12.3. The predicted octanol–water partition coefficient (Wildman–Crippen LogP) is 3.96. The second kappa shape index (κ2) is 6.85. The van der Waals surface area contributed by atoms with Crippen molar-refractivity contribution in [3.63, 3.8) is 0 Å². The van der Waals surface area contributed by atoms with Gasteiger partial charge in [0.15, 0.2) is 5.03 Å². The van der Waals surface area contributed by atoms with Gasteiger partial charge in [0, 0.05) is 10.6 Å². The fourth-order valence-corrected chi connectivity index (χ4v) is 3.29. The first-order valence-corrected chi connectivity index (χ1v) is 8.24. The van der Waals surface area contributed by atoms with Crippen molar-refractivity contribution < 1.29 is 8.42 Å². The van der Waals surface area contributed by atoms with E-state index in [0.717, 1.165) is 36.9 Å². The maximum atomic E-state index is 12.3. The van der Waals surface area contributed by atoms with Crippen LogP contribution >= 0.6 is 0 Å². The highest BCUT2D eigenvalue weighted by molar-refractivity contribution is 7.95. The van der Waals surface area contributed by atoms with Gasteiger partial charge >= 0.3 is 0 Å². The van der Waals surface area contributed by atoms with Crippen LogP contribution < -0.4 is 0 Å². The summed E-state index contributed by atoms with van der Waals surface area (Å²) in [5.74, 6) is 0. The molecule has 1 rings (SSSR count). The number of rotatable bonds is 7. The molecule has 0 aromatic carbocycles. The third kappa shape index (κ3) is 4.46. The number of unbranched alkanes of at least 4 members (excludes halogenated alkanes) is 3. The third-order valence-corrected chi connectivity index (χ3v) is 4.76. The Hall–Kier alpha value is -1.16. The molecule has 0 saturated heterocycles. The summed E-state index contributed by atoms with van der Waals surface area (Å²) in [5, 5.41) is 0.130. The summed E-state index contributed by atoms with van der Waals surface area (Å²) < 4.78 is 24.7. The van der Waals surface area contributed by atoms with E-state index in [-0.39, 0.29) is 9.93 Å². The molecule has 0 aliphatic rings. The molecule has 0 amide bonds. The number of aryl methyl sites for hydroxylation is 2. The zero-order valence-corrected chi connectivity index (χ0v) is 12.9. The van der Waals surface area contributed by atoms with Gasteiger partial charge in [0.05, 0.1) is 0 Å². The van der Waals surface area contributed by atoms with Gasteiger partial charge in [0.25, 0.3) is 0 Å². The van der Waals surface area contributed by atoms with E-state index < -0.39 is 9.84 Å². The van der Waals surface area contributed by atoms with Crippen LogP contribution in [0.5, 0.6) is 0 Å². The Morgan fingerprint density at radius 1 is 1.21 bits per heavy atom. The van der Waals surface area contributed by atoms with Crippen molar-refractivity contribution in [3.05, 3.63) is 34.9 Å². The van der Waals surface area contributed by atoms with Crippen molar-refractivity contribution in [2.45, 2.75) is 57.9 Å². The van der Waals surface area contributed by atoms with Crippen LogP contribution in [0.2, 0.25) is 0 Å². The van der Waals surface area contributed by atoms with E-state index in [1.54, 1.807) is 13.0 Å². The summed E-state index contributed by atoms with van der Waals surface area (Å²) in [7, 11) is -3.48. The van der Waals surface area contributed by atoms with Gasteiger partial charge in [-0.2, -0.15) is 0 Å². The van der Waals surface area contributed by atoms with Gasteiger partial charge in [0.1, 0.15) is 0 Å². The predicted molar refractivity (Wildman–Crippen MR) is 78.8 cm³/mol. The van der Waals surface area contributed by atoms with Crippen molar-refractivity contribution >= 4 is 9.84 Å². The number of sulfone groups is 1. The molecule has 0 spiro atoms. The topological polar surface area (TPSA) is 47.0 Å². The van der Waals surface area contributed by atoms with Crippen molar-refractivity contribution in [2.24, 2.45) is 0 Å². The summed E-state index contributed by atoms with van der Waals surface area (Å²) in [6.45, 7) is 9.54. The minimum atomic E-state index is -3.48. The lowest BCUT2D eigenvalue weighted by Gasteiger charge is -2.08. The summed E-state index contributed by atoms with van der Waals surface area (Å²) >= 11 is 0. The SMILES string of the molecule is C=C(CCCCCC)S(=O)(=O)c1cc(C)cc(C)n1. The minimum absolute atomic E-state index is 0.130. The minimum Gasteiger partial charge on any atom is -0.241 e. The van der Waals surface area contributed by atoms with Crippen LogP contribution in [-0.2, 0) is 9.84 Å². The molecule has 1 aromatic heterocycles. The lowest BCUT2D eigenvalue weighted by Crippen LogP contribution is -2.07. The summed E-state index contributed by atoms with van der Waals surface area (Å²) in [6.07, 6.45) is 4.71. The molecular weight excluding hydrogens is 258 g/mol. The zero-order valence-electron chi connectivity index (χ0n) is 12.1. The second-order valence-electron chi connectivity index (χ2n) is 4.98. The normalized spacial score (nSPS) is 11.5. The summed E-state index contributed by atoms with van der Waals surface area (Å²) in [4.78, 5) is 4.40. The lowest BCUT2D eigenvalue weighted by atomic mass is 10.1. The number of nitrogens with zero attached hydrogens (tertiary/aromatic N) is 1. The zero-order chi connectivity index (χ0) is 14.5. The number of aromatic nitrogens is 1. The van der Waals surface area contributed by atoms with Crippen molar-refractivity contribution in [1.29, 1.82) is 0 Å². The second-order valence-corrected chi connectivity index (χ2v) is 6.98. The molecule has 19 heavy (non-hydrogen) atoms. The van der Waals surface area contributed by atoms with E-state index >= 15 is 0 Å². The highest BCUT2D eigenvalue weighted by Crippen LogP contribution is 2.22. The van der Waals surface area contributed by atoms with E-state index in [2.05, 4.69) is 18.5 Å². The molecule has 1 aromatic rings. The standard InChI is InChI=1S/C15H23NO2S/c1-5-6-7-8-9-14(4)19(17,18)15-11-12(2)10-13(3)16-15/h10-11H,4-9H2,1-3H3. The van der Waals surface area contributed by atoms with Crippen LogP contribution in [0.3, 0.4) is 0 Å². The molecular formula is C15H23NO2S. The van der Waals surface area contributed by atoms with E-state index in [4.69, 9.17) is 0 Å². The molecule has 0 fully saturated rings. The highest BCUT2D eigenvalue weighted by Gasteiger charge is 2.20. The first-order valence-electron chi connectivity index (χ1n) is 6.76. The van der Waals surface area contributed by atoms with Gasteiger partial charge in [0.2, 0.25) is 9.84 Å². The first kappa shape index (κ1) is 15.9. The maximum Gasteiger partial charge on any atom is 0.219 e. The molecule has 1 heterocycles. The fourth-order valence-electron chi connectivity index (χ4n) is 1.97. The molecule has 3 nitrogen and oxygen atoms in total. The third-order valence-electron chi connectivity index (χ3n) is 3.04. The van der Waals surface area contributed by atoms with Crippen LogP contribution in [0.25, 0.3) is 0 Å². The Morgan fingerprint density at radius 2 is 1.89 bits per heavy atom. The molecule has 106 valence electrons. The Balaban J connectivity index is 2.82. The first-order chi connectivity index (χ1) is 8.87. The van der Waals surface area contributed by atoms with Crippen LogP contribution in [0.4, 0.5) is 0 Å². The Kier molecular flexibility index (Phi) is 5.73. The molecule has 0 unspecified atom stereocenters. The molecule has 0 aliphatic heterocycles. The monoisotopic (exact) mass is 281 g/mol. The molecule has 0 atom stereocenters. The van der Waals surface area contributed by atoms with Gasteiger partial charge in [-0.05, 0) is 44.4 Å². The average Bonchev–Trinajstić information content (AvgIpc) is 2.33. The van der Waals surface area contributed by atoms with Crippen LogP contribution in [0.15, 0.2) is 28.6 Å². The van der Waals surface area contributed by atoms with E-state index in [9.17, 15) is 8.42 Å². The summed E-state index contributed by atoms with van der Waals surface area (Å²) in [5.41, 5.74) is 1.63. The van der Waals surface area contributed by atoms with E-state index in [1.165, 1.54) is 0 Å². The van der Waals surface area contributed by atoms with Gasteiger partial charge in [-0.25, -0.2) is 13.4 Å². The summed E-state index contributed by atoms with van der Waals surface area (Å²) in [6, 6.07) is 3.47. The van der Waals surface area contributed by atoms with Gasteiger partial charge < -0.3 is 0 Å². The van der Waals surface area contributed by atoms with Gasteiger partial charge in [-0.1, -0.05) is 32.8 Å². The van der Waals surface area contributed by atoms with Crippen LogP contribution in [0, 0.1) is 13.8 Å². The Bertz CT molecular complexity index is 527. The van der Waals surface area contributed by atoms with Crippen molar-refractivity contribution in [3.8, 4) is 0 Å². The van der Waals surface area contributed by atoms with Crippen molar-refractivity contribution in [1.82, 2.24) is 4.98 Å². The Morgan fingerprint density at radius 3 is 2.47 bits per heavy atom. The molecule has 0 aliphatic carbocycles. The van der Waals surface area contributed by atoms with E-state index in [1.807, 2.05) is 13.0 Å². The lowest BCUT2D eigenvalue weighted by molar-refractivity contribution is 0.593. The average molecular weight is 281 g/mol. The highest BCUT2D eigenvalue weighted by atomic mass is 32.2. The fraction of sp³-hybridized carbons (Fsp3) is 0.533. The molecule has 0 saturated carbocycles. The number of allylic oxidation sites excluding steroid dienone is 1. The molecule has 0 N–H and O–H groups in total. The van der Waals surface area contributed by atoms with Crippen molar-refractivity contribution in [2.75, 3.05) is 0 Å². The van der Waals surface area contributed by atoms with Crippen LogP contribution in [-0.4, -0.2) is 13.4 Å². The number of hydrogen-bond donors (Lipinski definition) is 0. The van der Waals surface area contributed by atoms with E-state index in [0.29, 0.717) is 6.42 Å². The van der Waals surface area contributed by atoms with Gasteiger partial charge in [-0.15, -0.1) is 0 Å². The van der Waals surface area contributed by atoms with Gasteiger partial charge in [-0.3, -0.25) is 0 Å². The Labute approximate surface area is 116 Å². The molecule has 0 bridgehead atoms. The number of hydrogen-bond acceptors (Lipinski definition) is 3. The molecule has 0 radical (unpaired) electrons.